The van der Waals surface area contributed by atoms with Gasteiger partial charge in [0.05, 0.1) is 11.6 Å². The summed E-state index contributed by atoms with van der Waals surface area (Å²) >= 11 is 3.47. The molecule has 2 rings (SSSR count). The normalized spacial score (nSPS) is 18.1. The van der Waals surface area contributed by atoms with Gasteiger partial charge in [0.15, 0.2) is 0 Å². The molecule has 1 saturated carbocycles. The van der Waals surface area contributed by atoms with E-state index in [2.05, 4.69) is 27.3 Å². The molecule has 3 nitrogen and oxygen atoms in total. The van der Waals surface area contributed by atoms with Crippen LogP contribution in [0.1, 0.15) is 60.9 Å². The van der Waals surface area contributed by atoms with Gasteiger partial charge < -0.3 is 5.32 Å². The lowest BCUT2D eigenvalue weighted by atomic mass is 9.85. The second kappa shape index (κ2) is 7.09. The molecule has 0 aromatic heterocycles. The highest BCUT2D eigenvalue weighted by molar-refractivity contribution is 9.10. The lowest BCUT2D eigenvalue weighted by Crippen LogP contribution is -2.47. The van der Waals surface area contributed by atoms with Gasteiger partial charge in [0.1, 0.15) is 5.54 Å². The molecule has 0 unspecified atom stereocenters. The molecule has 1 aliphatic carbocycles. The van der Waals surface area contributed by atoms with E-state index in [1.165, 1.54) is 6.42 Å². The Kier molecular flexibility index (Phi) is 5.41. The summed E-state index contributed by atoms with van der Waals surface area (Å²) in [6, 6.07) is 7.99. The summed E-state index contributed by atoms with van der Waals surface area (Å²) in [6.07, 6.45) is 7.03. The summed E-state index contributed by atoms with van der Waals surface area (Å²) in [6.45, 7) is 1.96. The predicted octanol–water partition coefficient (Wildman–Crippen LogP) is 4.49. The van der Waals surface area contributed by atoms with Crippen LogP contribution in [0.15, 0.2) is 22.7 Å². The Morgan fingerprint density at radius 1 is 1.24 bits per heavy atom. The molecule has 112 valence electrons. The highest BCUT2D eigenvalue weighted by Crippen LogP contribution is 2.27. The molecular weight excluding hydrogens is 328 g/mol. The first-order valence-corrected chi connectivity index (χ1v) is 8.36. The van der Waals surface area contributed by atoms with E-state index in [1.54, 1.807) is 6.07 Å². The Morgan fingerprint density at radius 3 is 2.48 bits per heavy atom. The fourth-order valence-corrected chi connectivity index (χ4v) is 3.33. The largest absolute Gasteiger partial charge is 0.334 e. The highest BCUT2D eigenvalue weighted by atomic mass is 79.9. The van der Waals surface area contributed by atoms with E-state index in [1.807, 2.05) is 19.1 Å². The lowest BCUT2D eigenvalue weighted by Gasteiger charge is -2.30. The SMILES string of the molecule is Cc1cccc(C(=O)NC2(C#N)CCCCCCC2)c1Br. The Labute approximate surface area is 134 Å². The number of nitrogens with one attached hydrogen (secondary N) is 1. The van der Waals surface area contributed by atoms with Gasteiger partial charge in [-0.25, -0.2) is 0 Å². The van der Waals surface area contributed by atoms with E-state index in [0.29, 0.717) is 5.56 Å². The van der Waals surface area contributed by atoms with Gasteiger partial charge in [0.25, 0.3) is 5.91 Å². The van der Waals surface area contributed by atoms with Crippen molar-refractivity contribution in [3.8, 4) is 6.07 Å². The molecule has 0 saturated heterocycles. The van der Waals surface area contributed by atoms with Gasteiger partial charge in [-0.3, -0.25) is 4.79 Å². The summed E-state index contributed by atoms with van der Waals surface area (Å²) in [5.74, 6) is -0.160. The maximum absolute atomic E-state index is 12.6. The van der Waals surface area contributed by atoms with Crippen molar-refractivity contribution in [1.29, 1.82) is 5.26 Å². The van der Waals surface area contributed by atoms with E-state index in [-0.39, 0.29) is 5.91 Å². The molecule has 21 heavy (non-hydrogen) atoms. The van der Waals surface area contributed by atoms with Crippen molar-refractivity contribution in [2.45, 2.75) is 57.4 Å². The number of hydrogen-bond acceptors (Lipinski definition) is 2. The lowest BCUT2D eigenvalue weighted by molar-refractivity contribution is 0.0907. The summed E-state index contributed by atoms with van der Waals surface area (Å²) in [5, 5.41) is 12.6. The van der Waals surface area contributed by atoms with Crippen LogP contribution in [0.25, 0.3) is 0 Å². The van der Waals surface area contributed by atoms with E-state index in [9.17, 15) is 10.1 Å². The smallest absolute Gasteiger partial charge is 0.253 e. The van der Waals surface area contributed by atoms with Crippen LogP contribution in [0, 0.1) is 18.3 Å². The molecular formula is C17H21BrN2O. The van der Waals surface area contributed by atoms with Crippen LogP contribution in [0.2, 0.25) is 0 Å². The zero-order valence-electron chi connectivity index (χ0n) is 12.4. The Hall–Kier alpha value is -1.34. The summed E-state index contributed by atoms with van der Waals surface area (Å²) in [7, 11) is 0. The molecule has 0 spiro atoms. The average Bonchev–Trinajstić information content (AvgIpc) is 2.45. The van der Waals surface area contributed by atoms with Gasteiger partial charge >= 0.3 is 0 Å². The van der Waals surface area contributed by atoms with Crippen molar-refractivity contribution in [2.24, 2.45) is 0 Å². The van der Waals surface area contributed by atoms with Crippen LogP contribution in [-0.2, 0) is 0 Å². The third-order valence-electron chi connectivity index (χ3n) is 4.21. The molecule has 0 aliphatic heterocycles. The molecule has 1 aromatic rings. The predicted molar refractivity (Wildman–Crippen MR) is 87.0 cm³/mol. The van der Waals surface area contributed by atoms with Crippen LogP contribution in [0.3, 0.4) is 0 Å². The number of carbonyl (C=O) groups is 1. The number of amides is 1. The van der Waals surface area contributed by atoms with Gasteiger partial charge in [-0.05, 0) is 47.3 Å². The Balaban J connectivity index is 2.19. The number of halogens is 1. The maximum atomic E-state index is 12.6. The van der Waals surface area contributed by atoms with Crippen molar-refractivity contribution >= 4 is 21.8 Å². The number of nitriles is 1. The number of rotatable bonds is 2. The number of aryl methyl sites for hydroxylation is 1. The Morgan fingerprint density at radius 2 is 1.86 bits per heavy atom. The summed E-state index contributed by atoms with van der Waals surface area (Å²) in [4.78, 5) is 12.6. The van der Waals surface area contributed by atoms with Gasteiger partial charge in [-0.1, -0.05) is 44.2 Å². The second-order valence-corrected chi connectivity index (χ2v) is 6.65. The maximum Gasteiger partial charge on any atom is 0.253 e. The van der Waals surface area contributed by atoms with E-state index in [4.69, 9.17) is 0 Å². The zero-order chi connectivity index (χ0) is 15.3. The van der Waals surface area contributed by atoms with Crippen molar-refractivity contribution in [1.82, 2.24) is 5.32 Å². The molecule has 0 heterocycles. The van der Waals surface area contributed by atoms with E-state index < -0.39 is 5.54 Å². The quantitative estimate of drug-likeness (QED) is 0.855. The van der Waals surface area contributed by atoms with Gasteiger partial charge in [-0.15, -0.1) is 0 Å². The van der Waals surface area contributed by atoms with E-state index in [0.717, 1.165) is 48.6 Å². The summed E-state index contributed by atoms with van der Waals surface area (Å²) in [5.41, 5.74) is 0.916. The van der Waals surface area contributed by atoms with Gasteiger partial charge in [0, 0.05) is 4.47 Å². The molecule has 1 N–H and O–H groups in total. The van der Waals surface area contributed by atoms with Crippen molar-refractivity contribution < 1.29 is 4.79 Å². The monoisotopic (exact) mass is 348 g/mol. The standard InChI is InChI=1S/C17H21BrN2O/c1-13-8-7-9-14(15(13)18)16(21)20-17(12-19)10-5-3-2-4-6-11-17/h7-9H,2-6,10-11H2,1H3,(H,20,21). The molecule has 1 aromatic carbocycles. The van der Waals surface area contributed by atoms with Crippen LogP contribution >= 0.6 is 15.9 Å². The van der Waals surface area contributed by atoms with Gasteiger partial charge in [-0.2, -0.15) is 5.26 Å². The first-order chi connectivity index (χ1) is 10.1. The Bertz CT molecular complexity index is 554. The van der Waals surface area contributed by atoms with Crippen molar-refractivity contribution in [2.75, 3.05) is 0 Å². The third-order valence-corrected chi connectivity index (χ3v) is 5.26. The van der Waals surface area contributed by atoms with E-state index >= 15 is 0 Å². The highest BCUT2D eigenvalue weighted by Gasteiger charge is 2.32. The number of benzene rings is 1. The zero-order valence-corrected chi connectivity index (χ0v) is 14.0. The fraction of sp³-hybridized carbons (Fsp3) is 0.529. The first-order valence-electron chi connectivity index (χ1n) is 7.57. The van der Waals surface area contributed by atoms with Crippen LogP contribution in [-0.4, -0.2) is 11.4 Å². The minimum absolute atomic E-state index is 0.160. The van der Waals surface area contributed by atoms with Crippen LogP contribution < -0.4 is 5.32 Å². The summed E-state index contributed by atoms with van der Waals surface area (Å²) < 4.78 is 0.807. The van der Waals surface area contributed by atoms with Crippen LogP contribution in [0.4, 0.5) is 0 Å². The van der Waals surface area contributed by atoms with Crippen LogP contribution in [0.5, 0.6) is 0 Å². The fourth-order valence-electron chi connectivity index (χ4n) is 2.88. The number of hydrogen-bond donors (Lipinski definition) is 1. The molecule has 1 aliphatic rings. The second-order valence-electron chi connectivity index (χ2n) is 5.85. The van der Waals surface area contributed by atoms with Gasteiger partial charge in [0.2, 0.25) is 0 Å². The molecule has 1 amide bonds. The molecule has 0 atom stereocenters. The minimum atomic E-state index is -0.708. The minimum Gasteiger partial charge on any atom is -0.334 e. The van der Waals surface area contributed by atoms with Crippen molar-refractivity contribution in [3.05, 3.63) is 33.8 Å². The topological polar surface area (TPSA) is 52.9 Å². The molecule has 4 heteroatoms. The average molecular weight is 349 g/mol. The molecule has 0 radical (unpaired) electrons. The number of carbonyl (C=O) groups excluding carboxylic acids is 1. The van der Waals surface area contributed by atoms with Crippen molar-refractivity contribution in [3.63, 3.8) is 0 Å². The third kappa shape index (κ3) is 3.85. The molecule has 0 bridgehead atoms. The first kappa shape index (κ1) is 16.0. The number of nitrogens with zero attached hydrogens (tertiary/aromatic N) is 1. The molecule has 1 fully saturated rings.